The van der Waals surface area contributed by atoms with Gasteiger partial charge in [-0.2, -0.15) is 0 Å². The first-order valence-corrected chi connectivity index (χ1v) is 11.9. The van der Waals surface area contributed by atoms with Crippen LogP contribution >= 0.6 is 0 Å². The molecule has 0 aromatic rings. The fraction of sp³-hybridized carbons (Fsp3) is 0. The second-order valence-electron chi connectivity index (χ2n) is 1.09. The summed E-state index contributed by atoms with van der Waals surface area (Å²) in [4.78, 5) is 0. The molecule has 1 aliphatic heterocycles. The van der Waals surface area contributed by atoms with Crippen molar-refractivity contribution in [1.29, 1.82) is 0 Å². The van der Waals surface area contributed by atoms with Gasteiger partial charge >= 0.3 is 0 Å². The summed E-state index contributed by atoms with van der Waals surface area (Å²) in [7, 11) is 3.79. The van der Waals surface area contributed by atoms with Gasteiger partial charge in [-0.25, -0.2) is 0 Å². The maximum absolute atomic E-state index is 2.66. The Morgan fingerprint density at radius 2 is 2.33 bits per heavy atom. The molecule has 0 amide bonds. The van der Waals surface area contributed by atoms with Crippen molar-refractivity contribution in [3.63, 3.8) is 0 Å². The van der Waals surface area contributed by atoms with Crippen molar-refractivity contribution in [1.82, 2.24) is 0 Å². The third kappa shape index (κ3) is 2.84. The predicted octanol–water partition coefficient (Wildman–Crippen LogP) is -3.40. The summed E-state index contributed by atoms with van der Waals surface area (Å²) in [6.45, 7) is 0. The quantitative estimate of drug-likeness (QED) is 0.318. The van der Waals surface area contributed by atoms with E-state index in [1.807, 2.05) is 0 Å². The van der Waals surface area contributed by atoms with Crippen LogP contribution in [0.5, 0.6) is 0 Å². The molecule has 1 radical (unpaired) electrons. The maximum atomic E-state index is 2.66. The van der Waals surface area contributed by atoms with Gasteiger partial charge in [0.15, 0.2) is 0 Å². The predicted molar refractivity (Wildman–Crippen MR) is 41.8 cm³/mol. The monoisotopic (exact) mass is 153 g/mol. The van der Waals surface area contributed by atoms with E-state index in [1.165, 1.54) is 0 Å². The Hall–Kier alpha value is 1.74. The van der Waals surface area contributed by atoms with E-state index in [1.54, 1.807) is 0 Å². The van der Waals surface area contributed by atoms with Crippen molar-refractivity contribution >= 4 is 68.8 Å². The van der Waals surface area contributed by atoms with E-state index < -0.39 is 0 Å². The number of hydrogen-bond donors (Lipinski definition) is 0. The van der Waals surface area contributed by atoms with Crippen LogP contribution in [0.25, 0.3) is 0 Å². The molecule has 6 heavy (non-hydrogen) atoms. The molecule has 0 unspecified atom stereocenters. The van der Waals surface area contributed by atoms with Crippen LogP contribution in [-0.2, 0) is 0 Å². The molecule has 0 aromatic carbocycles. The number of rotatable bonds is 0. The Bertz CT molecular complexity index is 65.6. The van der Waals surface area contributed by atoms with E-state index in [-0.39, 0.29) is 29.6 Å². The molecule has 0 bridgehead atoms. The second kappa shape index (κ2) is 4.89. The molecule has 0 saturated carbocycles. The van der Waals surface area contributed by atoms with Gasteiger partial charge in [-0.3, -0.25) is 0 Å². The summed E-state index contributed by atoms with van der Waals surface area (Å²) in [5, 5.41) is 2.66. The SMILES string of the molecule is C1=[SiH][SiH]=[SiH][SiH2]1.[Na]. The average Bonchev–Trinajstić information content (AvgIpc) is 1.76. The molecule has 0 fully saturated rings. The molecule has 0 saturated heterocycles. The van der Waals surface area contributed by atoms with Gasteiger partial charge in [-0.1, -0.05) is 0 Å². The third-order valence-electron chi connectivity index (χ3n) is 0.655. The van der Waals surface area contributed by atoms with Gasteiger partial charge in [-0.15, -0.1) is 5.30 Å². The molecular weight excluding hydrogens is 147 g/mol. The molecule has 1 heterocycles. The standard InChI is InChI=1S/CH6Si4.Na/c1-2-4-5-3-1;/h1-2,4-5H,3H2;. The molecule has 0 aromatic heterocycles. The van der Waals surface area contributed by atoms with Gasteiger partial charge in [0.25, 0.3) is 0 Å². The van der Waals surface area contributed by atoms with Crippen LogP contribution in [0.2, 0.25) is 0 Å². The summed E-state index contributed by atoms with van der Waals surface area (Å²) in [6, 6.07) is 0. The zero-order valence-corrected chi connectivity index (χ0v) is 10.9. The van der Waals surface area contributed by atoms with E-state index in [0.717, 1.165) is 24.9 Å². The molecule has 1 aliphatic rings. The van der Waals surface area contributed by atoms with Crippen LogP contribution in [0.1, 0.15) is 0 Å². The van der Waals surface area contributed by atoms with Crippen molar-refractivity contribution in [2.75, 3.05) is 0 Å². The molecule has 0 atom stereocenters. The summed E-state index contributed by atoms with van der Waals surface area (Å²) in [5.74, 6) is 0. The first kappa shape index (κ1) is 7.74. The van der Waals surface area contributed by atoms with Crippen LogP contribution in [0.15, 0.2) is 0 Å². The van der Waals surface area contributed by atoms with Gasteiger partial charge < -0.3 is 0 Å². The van der Waals surface area contributed by atoms with E-state index in [0.29, 0.717) is 9.04 Å². The summed E-state index contributed by atoms with van der Waals surface area (Å²) in [6.07, 6.45) is 0. The fourth-order valence-electron chi connectivity index (χ4n) is 0.393. The Balaban J connectivity index is 0.000000250. The summed E-state index contributed by atoms with van der Waals surface area (Å²) < 4.78 is 0. The Morgan fingerprint density at radius 1 is 1.50 bits per heavy atom. The largest absolute Gasteiger partial charge is 0.122 e. The van der Waals surface area contributed by atoms with E-state index >= 15 is 0 Å². The van der Waals surface area contributed by atoms with Gasteiger partial charge in [0.2, 0.25) is 0 Å². The maximum Gasteiger partial charge on any atom is 0.0423 e. The van der Waals surface area contributed by atoms with Crippen molar-refractivity contribution in [3.8, 4) is 0 Å². The van der Waals surface area contributed by atoms with Crippen LogP contribution in [0, 0.1) is 0 Å². The minimum absolute atomic E-state index is 0. The van der Waals surface area contributed by atoms with E-state index in [9.17, 15) is 0 Å². The zero-order chi connectivity index (χ0) is 3.54. The van der Waals surface area contributed by atoms with Crippen molar-refractivity contribution in [2.45, 2.75) is 0 Å². The van der Waals surface area contributed by atoms with Gasteiger partial charge in [-0.05, 0) is 24.9 Å². The Labute approximate surface area is 68.2 Å². The normalized spacial score (nSPS) is 18.7. The minimum Gasteiger partial charge on any atom is -0.122 e. The minimum atomic E-state index is 0. The summed E-state index contributed by atoms with van der Waals surface area (Å²) >= 11 is 0. The van der Waals surface area contributed by atoms with Crippen molar-refractivity contribution < 1.29 is 0 Å². The van der Waals surface area contributed by atoms with Crippen molar-refractivity contribution in [2.24, 2.45) is 0 Å². The Morgan fingerprint density at radius 3 is 2.50 bits per heavy atom. The van der Waals surface area contributed by atoms with Crippen LogP contribution in [0.4, 0.5) is 0 Å². The first-order valence-electron chi connectivity index (χ1n) is 1.82. The number of hydrogen-bond acceptors (Lipinski definition) is 0. The molecule has 0 aliphatic carbocycles. The van der Waals surface area contributed by atoms with Gasteiger partial charge in [0, 0.05) is 38.6 Å². The Kier molecular flexibility index (Phi) is 6.30. The molecule has 0 nitrogen and oxygen atoms in total. The fourth-order valence-corrected chi connectivity index (χ4v) is 31.8. The molecule has 27 valence electrons. The van der Waals surface area contributed by atoms with Crippen LogP contribution < -0.4 is 0 Å². The molecule has 0 N–H and O–H groups in total. The van der Waals surface area contributed by atoms with Crippen LogP contribution in [0.3, 0.4) is 0 Å². The molecule has 5 heteroatoms. The molecule has 0 spiro atoms. The van der Waals surface area contributed by atoms with Gasteiger partial charge in [0.1, 0.15) is 0 Å². The molecule has 1 rings (SSSR count). The van der Waals surface area contributed by atoms with Crippen molar-refractivity contribution in [3.05, 3.63) is 0 Å². The zero-order valence-electron chi connectivity index (χ0n) is 4.02. The smallest absolute Gasteiger partial charge is 0.0423 e. The molecular formula is CH6NaSi4. The third-order valence-corrected chi connectivity index (χ3v) is 25.0. The van der Waals surface area contributed by atoms with Gasteiger partial charge in [0.05, 0.1) is 0 Å². The topological polar surface area (TPSA) is 0 Å². The van der Waals surface area contributed by atoms with Crippen LogP contribution in [-0.4, -0.2) is 68.8 Å². The average molecular weight is 153 g/mol. The first-order chi connectivity index (χ1) is 2.50. The van der Waals surface area contributed by atoms with E-state index in [2.05, 4.69) is 5.30 Å². The van der Waals surface area contributed by atoms with E-state index in [4.69, 9.17) is 0 Å². The second-order valence-corrected chi connectivity index (χ2v) is 17.5. The summed E-state index contributed by atoms with van der Waals surface area (Å²) in [5.41, 5.74) is 0.